The Labute approximate surface area is 198 Å². The summed E-state index contributed by atoms with van der Waals surface area (Å²) in [6.07, 6.45) is 0. The first-order chi connectivity index (χ1) is 16.2. The molecule has 180 valence electrons. The first-order valence-corrected chi connectivity index (χ1v) is 11.5. The summed E-state index contributed by atoms with van der Waals surface area (Å²) < 4.78 is 28.8. The Morgan fingerprint density at radius 3 is 2.18 bits per heavy atom. The highest BCUT2D eigenvalue weighted by Crippen LogP contribution is 2.66. The number of aromatic nitrogens is 1. The molecular formula is C27H31NO6. The topological polar surface area (TPSA) is 79.0 Å². The van der Waals surface area contributed by atoms with Crippen LogP contribution in [0.3, 0.4) is 0 Å². The molecule has 2 aromatic carbocycles. The maximum Gasteiger partial charge on any atom is 0.255 e. The Morgan fingerprint density at radius 2 is 1.59 bits per heavy atom. The third-order valence-corrected chi connectivity index (χ3v) is 7.69. The fraction of sp³-hybridized carbons (Fsp3) is 0.444. The fourth-order valence-electron chi connectivity index (χ4n) is 6.31. The summed E-state index contributed by atoms with van der Waals surface area (Å²) in [5.74, 6) is 3.65. The van der Waals surface area contributed by atoms with Crippen LogP contribution in [0.4, 0.5) is 0 Å². The molecule has 0 unspecified atom stereocenters. The molecule has 0 spiro atoms. The number of methoxy groups -OCH3 is 4. The molecule has 1 N–H and O–H groups in total. The molecule has 0 amide bonds. The predicted molar refractivity (Wildman–Crippen MR) is 130 cm³/mol. The molecule has 1 saturated carbocycles. The van der Waals surface area contributed by atoms with Gasteiger partial charge in [-0.1, -0.05) is 6.92 Å². The molecule has 1 aliphatic heterocycles. The number of hydrogen-bond donors (Lipinski definition) is 1. The smallest absolute Gasteiger partial charge is 0.255 e. The van der Waals surface area contributed by atoms with Crippen LogP contribution in [-0.4, -0.2) is 39.0 Å². The third-order valence-electron chi connectivity index (χ3n) is 7.69. The second kappa shape index (κ2) is 7.86. The van der Waals surface area contributed by atoms with Gasteiger partial charge in [0.25, 0.3) is 5.56 Å². The fourth-order valence-corrected chi connectivity index (χ4v) is 6.31. The lowest BCUT2D eigenvalue weighted by molar-refractivity contribution is -0.0826. The van der Waals surface area contributed by atoms with Crippen LogP contribution >= 0.6 is 0 Å². The largest absolute Gasteiger partial charge is 0.497 e. The molecule has 0 bridgehead atoms. The molecule has 2 heterocycles. The van der Waals surface area contributed by atoms with Crippen molar-refractivity contribution >= 4 is 10.9 Å². The van der Waals surface area contributed by atoms with Crippen LogP contribution in [0.25, 0.3) is 10.9 Å². The van der Waals surface area contributed by atoms with Gasteiger partial charge in [0, 0.05) is 17.2 Å². The van der Waals surface area contributed by atoms with Gasteiger partial charge in [0.2, 0.25) is 5.75 Å². The summed E-state index contributed by atoms with van der Waals surface area (Å²) in [6, 6.07) is 9.62. The van der Waals surface area contributed by atoms with Gasteiger partial charge in [-0.2, -0.15) is 0 Å². The van der Waals surface area contributed by atoms with Crippen molar-refractivity contribution in [3.05, 3.63) is 51.8 Å². The van der Waals surface area contributed by atoms with E-state index in [4.69, 9.17) is 23.7 Å². The zero-order chi connectivity index (χ0) is 24.4. The molecule has 1 fully saturated rings. The van der Waals surface area contributed by atoms with E-state index in [1.54, 1.807) is 28.4 Å². The van der Waals surface area contributed by atoms with Gasteiger partial charge in [0.15, 0.2) is 11.5 Å². The van der Waals surface area contributed by atoms with Gasteiger partial charge in [-0.05, 0) is 61.6 Å². The SMILES string of the molecule is COc1ccc2[nH]c(=O)c3c(c2c1)OC(C)(C)[C@H]1[C@H](C)[C@@H](c2cc(OC)c(OC)c(OC)c2)[C@@H]31. The van der Waals surface area contributed by atoms with E-state index >= 15 is 0 Å². The van der Waals surface area contributed by atoms with Crippen LogP contribution in [0.15, 0.2) is 35.1 Å². The molecule has 7 heteroatoms. The first kappa shape index (κ1) is 22.4. The number of benzene rings is 2. The molecule has 2 aliphatic rings. The van der Waals surface area contributed by atoms with E-state index in [0.29, 0.717) is 34.3 Å². The Balaban J connectivity index is 1.73. The van der Waals surface area contributed by atoms with E-state index in [-0.39, 0.29) is 29.2 Å². The van der Waals surface area contributed by atoms with E-state index in [2.05, 4.69) is 25.8 Å². The Bertz CT molecular complexity index is 1300. The standard InChI is InChI=1S/C27H31NO6/c1-13-20(14-10-18(31-5)25(33-7)19(11-14)32-6)21-22-24(34-27(2,3)23(13)21)16-12-15(30-4)8-9-17(16)28-26(22)29/h8-13,20-21,23H,1-7H3,(H,28,29)/t13-,20+,21+,23+/m1/s1. The zero-order valence-corrected chi connectivity index (χ0v) is 20.6. The predicted octanol–water partition coefficient (Wildman–Crippen LogP) is 4.87. The van der Waals surface area contributed by atoms with Crippen LogP contribution in [0, 0.1) is 11.8 Å². The Kier molecular flexibility index (Phi) is 5.19. The van der Waals surface area contributed by atoms with Crippen LogP contribution in [0.1, 0.15) is 43.7 Å². The quantitative estimate of drug-likeness (QED) is 0.579. The van der Waals surface area contributed by atoms with Crippen LogP contribution < -0.4 is 29.2 Å². The average molecular weight is 466 g/mol. The van der Waals surface area contributed by atoms with Gasteiger partial charge in [0.1, 0.15) is 17.1 Å². The van der Waals surface area contributed by atoms with E-state index in [1.165, 1.54) is 0 Å². The molecular weight excluding hydrogens is 434 g/mol. The lowest BCUT2D eigenvalue weighted by atomic mass is 9.48. The lowest BCUT2D eigenvalue weighted by Gasteiger charge is -2.59. The van der Waals surface area contributed by atoms with Crippen molar-refractivity contribution in [3.8, 4) is 28.7 Å². The molecule has 1 aliphatic carbocycles. The zero-order valence-electron chi connectivity index (χ0n) is 20.6. The van der Waals surface area contributed by atoms with Crippen molar-refractivity contribution in [1.29, 1.82) is 0 Å². The number of H-pyrrole nitrogens is 1. The van der Waals surface area contributed by atoms with Crippen molar-refractivity contribution in [3.63, 3.8) is 0 Å². The molecule has 0 radical (unpaired) electrons. The van der Waals surface area contributed by atoms with Gasteiger partial charge in [-0.15, -0.1) is 0 Å². The summed E-state index contributed by atoms with van der Waals surface area (Å²) in [7, 11) is 6.46. The van der Waals surface area contributed by atoms with Gasteiger partial charge < -0.3 is 28.7 Å². The van der Waals surface area contributed by atoms with Crippen LogP contribution in [0.2, 0.25) is 0 Å². The van der Waals surface area contributed by atoms with Gasteiger partial charge in [-0.25, -0.2) is 0 Å². The van der Waals surface area contributed by atoms with Crippen molar-refractivity contribution in [2.24, 2.45) is 11.8 Å². The van der Waals surface area contributed by atoms with Crippen LogP contribution in [0.5, 0.6) is 28.7 Å². The minimum atomic E-state index is -0.446. The molecule has 0 saturated heterocycles. The highest BCUT2D eigenvalue weighted by Gasteiger charge is 2.60. The Hall–Kier alpha value is -3.35. The molecule has 3 aromatic rings. The van der Waals surface area contributed by atoms with Gasteiger partial charge in [-0.3, -0.25) is 4.79 Å². The maximum atomic E-state index is 13.4. The summed E-state index contributed by atoms with van der Waals surface area (Å²) >= 11 is 0. The highest BCUT2D eigenvalue weighted by atomic mass is 16.5. The summed E-state index contributed by atoms with van der Waals surface area (Å²) in [5, 5.41) is 0.851. The van der Waals surface area contributed by atoms with Gasteiger partial charge in [0.05, 0.1) is 39.5 Å². The third kappa shape index (κ3) is 3.06. The number of aromatic amines is 1. The second-order valence-electron chi connectivity index (χ2n) is 9.71. The normalized spacial score (nSPS) is 24.3. The average Bonchev–Trinajstić information content (AvgIpc) is 2.81. The van der Waals surface area contributed by atoms with E-state index < -0.39 is 5.60 Å². The summed E-state index contributed by atoms with van der Waals surface area (Å²) in [6.45, 7) is 6.45. The molecule has 7 nitrogen and oxygen atoms in total. The van der Waals surface area contributed by atoms with E-state index in [1.807, 2.05) is 30.3 Å². The van der Waals surface area contributed by atoms with Gasteiger partial charge >= 0.3 is 0 Å². The highest BCUT2D eigenvalue weighted by molar-refractivity contribution is 5.88. The minimum absolute atomic E-state index is 0.0177. The number of rotatable bonds is 5. The number of pyridine rings is 1. The molecule has 34 heavy (non-hydrogen) atoms. The summed E-state index contributed by atoms with van der Waals surface area (Å²) in [4.78, 5) is 16.5. The molecule has 4 atom stereocenters. The number of hydrogen-bond acceptors (Lipinski definition) is 6. The Morgan fingerprint density at radius 1 is 0.912 bits per heavy atom. The van der Waals surface area contributed by atoms with Crippen LogP contribution in [-0.2, 0) is 0 Å². The number of ether oxygens (including phenoxy) is 5. The summed E-state index contributed by atoms with van der Waals surface area (Å²) in [5.41, 5.74) is 1.93. The van der Waals surface area contributed by atoms with Crippen molar-refractivity contribution in [2.75, 3.05) is 28.4 Å². The van der Waals surface area contributed by atoms with E-state index in [9.17, 15) is 4.79 Å². The lowest BCUT2D eigenvalue weighted by Crippen LogP contribution is -2.58. The molecule has 1 aromatic heterocycles. The number of fused-ring (bicyclic) bond motifs is 5. The maximum absolute atomic E-state index is 13.4. The minimum Gasteiger partial charge on any atom is -0.497 e. The first-order valence-electron chi connectivity index (χ1n) is 11.5. The van der Waals surface area contributed by atoms with Crippen molar-refractivity contribution < 1.29 is 23.7 Å². The van der Waals surface area contributed by atoms with Crippen molar-refractivity contribution in [2.45, 2.75) is 38.2 Å². The molecule has 5 rings (SSSR count). The van der Waals surface area contributed by atoms with Crippen molar-refractivity contribution in [1.82, 2.24) is 4.98 Å². The number of nitrogens with one attached hydrogen (secondary N) is 1. The second-order valence-corrected chi connectivity index (χ2v) is 9.71. The monoisotopic (exact) mass is 465 g/mol. The van der Waals surface area contributed by atoms with E-state index in [0.717, 1.165) is 16.5 Å².